The van der Waals surface area contributed by atoms with Gasteiger partial charge in [-0.15, -0.1) is 0 Å². The van der Waals surface area contributed by atoms with Crippen molar-refractivity contribution in [3.8, 4) is 0 Å². The summed E-state index contributed by atoms with van der Waals surface area (Å²) in [7, 11) is 0. The van der Waals surface area contributed by atoms with Crippen LogP contribution in [0.15, 0.2) is 30.3 Å². The van der Waals surface area contributed by atoms with Crippen molar-refractivity contribution in [2.24, 2.45) is 0 Å². The van der Waals surface area contributed by atoms with Gasteiger partial charge >= 0.3 is 0 Å². The third-order valence-corrected chi connectivity index (χ3v) is 3.81. The zero-order valence-corrected chi connectivity index (χ0v) is 12.8. The number of aromatic nitrogens is 2. The molecule has 1 aromatic heterocycles. The summed E-state index contributed by atoms with van der Waals surface area (Å²) in [5.74, 6) is 1.72. The molecule has 1 aromatic carbocycles. The summed E-state index contributed by atoms with van der Waals surface area (Å²) in [6.45, 7) is 6.24. The molecule has 0 atom stereocenters. The van der Waals surface area contributed by atoms with Crippen molar-refractivity contribution < 1.29 is 0 Å². The quantitative estimate of drug-likeness (QED) is 0.929. The maximum atomic E-state index is 4.68. The van der Waals surface area contributed by atoms with Gasteiger partial charge in [0.2, 0.25) is 5.95 Å². The molecule has 0 aliphatic carbocycles. The molecule has 0 bridgehead atoms. The van der Waals surface area contributed by atoms with E-state index in [1.54, 1.807) is 0 Å². The molecule has 0 saturated carbocycles. The highest BCUT2D eigenvalue weighted by Crippen LogP contribution is 2.21. The summed E-state index contributed by atoms with van der Waals surface area (Å²) < 4.78 is 0. The lowest BCUT2D eigenvalue weighted by Gasteiger charge is -2.27. The van der Waals surface area contributed by atoms with Gasteiger partial charge in [0.1, 0.15) is 5.82 Å². The van der Waals surface area contributed by atoms with Crippen molar-refractivity contribution in [2.75, 3.05) is 23.3 Å². The van der Waals surface area contributed by atoms with Crippen molar-refractivity contribution >= 4 is 17.5 Å². The number of benzene rings is 1. The van der Waals surface area contributed by atoms with Crippen molar-refractivity contribution in [2.45, 2.75) is 33.1 Å². The van der Waals surface area contributed by atoms with E-state index in [1.807, 2.05) is 13.0 Å². The number of aryl methyl sites for hydroxylation is 2. The molecule has 3 rings (SSSR count). The van der Waals surface area contributed by atoms with Crippen LogP contribution >= 0.6 is 0 Å². The number of anilines is 3. The SMILES string of the molecule is Cc1ccc(Nc2cc(C)nc(N3CCCCC3)n2)cc1. The van der Waals surface area contributed by atoms with Gasteiger partial charge < -0.3 is 10.2 Å². The van der Waals surface area contributed by atoms with E-state index in [9.17, 15) is 0 Å². The molecule has 1 aliphatic rings. The average Bonchev–Trinajstić information content (AvgIpc) is 2.50. The number of piperidine rings is 1. The van der Waals surface area contributed by atoms with Crippen LogP contribution in [0.4, 0.5) is 17.5 Å². The van der Waals surface area contributed by atoms with Crippen LogP contribution in [-0.2, 0) is 0 Å². The Kier molecular flexibility index (Phi) is 4.04. The van der Waals surface area contributed by atoms with Crippen LogP contribution in [0.3, 0.4) is 0 Å². The summed E-state index contributed by atoms with van der Waals surface area (Å²) in [4.78, 5) is 11.6. The molecule has 21 heavy (non-hydrogen) atoms. The molecule has 2 aromatic rings. The van der Waals surface area contributed by atoms with Crippen LogP contribution < -0.4 is 10.2 Å². The number of nitrogens with one attached hydrogen (secondary N) is 1. The van der Waals surface area contributed by atoms with Gasteiger partial charge in [0.15, 0.2) is 0 Å². The van der Waals surface area contributed by atoms with Crippen LogP contribution in [0.5, 0.6) is 0 Å². The Hall–Kier alpha value is -2.10. The Balaban J connectivity index is 1.81. The van der Waals surface area contributed by atoms with Crippen molar-refractivity contribution in [3.63, 3.8) is 0 Å². The third kappa shape index (κ3) is 3.51. The Morgan fingerprint density at radius 2 is 1.67 bits per heavy atom. The Morgan fingerprint density at radius 3 is 2.38 bits per heavy atom. The minimum absolute atomic E-state index is 0.851. The van der Waals surface area contributed by atoms with Crippen LogP contribution in [0.25, 0.3) is 0 Å². The predicted octanol–water partition coefficient (Wildman–Crippen LogP) is 3.83. The van der Waals surface area contributed by atoms with E-state index in [0.29, 0.717) is 0 Å². The molecular formula is C17H22N4. The molecular weight excluding hydrogens is 260 g/mol. The van der Waals surface area contributed by atoms with Crippen molar-refractivity contribution in [1.82, 2.24) is 9.97 Å². The average molecular weight is 282 g/mol. The molecule has 0 radical (unpaired) electrons. The molecule has 1 aliphatic heterocycles. The number of nitrogens with zero attached hydrogens (tertiary/aromatic N) is 3. The normalized spacial score (nSPS) is 15.0. The zero-order valence-electron chi connectivity index (χ0n) is 12.8. The van der Waals surface area contributed by atoms with E-state index in [2.05, 4.69) is 51.4 Å². The second-order valence-corrected chi connectivity index (χ2v) is 5.73. The number of hydrogen-bond acceptors (Lipinski definition) is 4. The monoisotopic (exact) mass is 282 g/mol. The molecule has 110 valence electrons. The lowest BCUT2D eigenvalue weighted by atomic mass is 10.1. The van der Waals surface area contributed by atoms with Gasteiger partial charge in [-0.2, -0.15) is 4.98 Å². The van der Waals surface area contributed by atoms with E-state index in [0.717, 1.165) is 36.2 Å². The highest BCUT2D eigenvalue weighted by atomic mass is 15.3. The Labute approximate surface area is 126 Å². The smallest absolute Gasteiger partial charge is 0.227 e. The number of hydrogen-bond donors (Lipinski definition) is 1. The van der Waals surface area contributed by atoms with E-state index in [1.165, 1.54) is 24.8 Å². The summed E-state index contributed by atoms with van der Waals surface area (Å²) in [5.41, 5.74) is 3.32. The molecule has 0 unspecified atom stereocenters. The van der Waals surface area contributed by atoms with Gasteiger partial charge in [0, 0.05) is 30.5 Å². The van der Waals surface area contributed by atoms with Crippen LogP contribution in [-0.4, -0.2) is 23.1 Å². The molecule has 2 heterocycles. The van der Waals surface area contributed by atoms with Gasteiger partial charge in [0.25, 0.3) is 0 Å². The first-order valence-corrected chi connectivity index (χ1v) is 7.65. The Bertz CT molecular complexity index is 601. The van der Waals surface area contributed by atoms with Crippen LogP contribution in [0.1, 0.15) is 30.5 Å². The van der Waals surface area contributed by atoms with Gasteiger partial charge in [-0.05, 0) is 45.2 Å². The second kappa shape index (κ2) is 6.12. The van der Waals surface area contributed by atoms with Gasteiger partial charge in [-0.3, -0.25) is 0 Å². The molecule has 1 N–H and O–H groups in total. The Morgan fingerprint density at radius 1 is 0.952 bits per heavy atom. The fourth-order valence-electron chi connectivity index (χ4n) is 2.64. The number of rotatable bonds is 3. The van der Waals surface area contributed by atoms with Crippen LogP contribution in [0, 0.1) is 13.8 Å². The summed E-state index contributed by atoms with van der Waals surface area (Å²) in [5, 5.41) is 3.37. The summed E-state index contributed by atoms with van der Waals surface area (Å²) in [6.07, 6.45) is 3.78. The molecule has 0 amide bonds. The fraction of sp³-hybridized carbons (Fsp3) is 0.412. The van der Waals surface area contributed by atoms with E-state index < -0.39 is 0 Å². The van der Waals surface area contributed by atoms with E-state index >= 15 is 0 Å². The van der Waals surface area contributed by atoms with E-state index in [4.69, 9.17) is 0 Å². The first-order valence-electron chi connectivity index (χ1n) is 7.65. The highest BCUT2D eigenvalue weighted by molar-refractivity contribution is 5.58. The fourth-order valence-corrected chi connectivity index (χ4v) is 2.64. The topological polar surface area (TPSA) is 41.1 Å². The summed E-state index contributed by atoms with van der Waals surface area (Å²) >= 11 is 0. The van der Waals surface area contributed by atoms with Gasteiger partial charge in [-0.1, -0.05) is 17.7 Å². The first-order chi connectivity index (χ1) is 10.2. The predicted molar refractivity (Wildman–Crippen MR) is 87.3 cm³/mol. The van der Waals surface area contributed by atoms with E-state index in [-0.39, 0.29) is 0 Å². The van der Waals surface area contributed by atoms with Crippen LogP contribution in [0.2, 0.25) is 0 Å². The second-order valence-electron chi connectivity index (χ2n) is 5.73. The lowest BCUT2D eigenvalue weighted by molar-refractivity contribution is 0.568. The molecule has 1 saturated heterocycles. The lowest BCUT2D eigenvalue weighted by Crippen LogP contribution is -2.31. The molecule has 1 fully saturated rings. The largest absolute Gasteiger partial charge is 0.341 e. The van der Waals surface area contributed by atoms with Gasteiger partial charge in [0.05, 0.1) is 0 Å². The molecule has 4 nitrogen and oxygen atoms in total. The van der Waals surface area contributed by atoms with Crippen molar-refractivity contribution in [3.05, 3.63) is 41.6 Å². The maximum Gasteiger partial charge on any atom is 0.227 e. The zero-order chi connectivity index (χ0) is 14.7. The summed E-state index contributed by atoms with van der Waals surface area (Å²) in [6, 6.07) is 10.3. The first kappa shape index (κ1) is 13.9. The molecule has 4 heteroatoms. The minimum Gasteiger partial charge on any atom is -0.341 e. The minimum atomic E-state index is 0.851. The highest BCUT2D eigenvalue weighted by Gasteiger charge is 2.14. The molecule has 0 spiro atoms. The van der Waals surface area contributed by atoms with Gasteiger partial charge in [-0.25, -0.2) is 4.98 Å². The van der Waals surface area contributed by atoms with Crippen molar-refractivity contribution in [1.29, 1.82) is 0 Å². The third-order valence-electron chi connectivity index (χ3n) is 3.81. The standard InChI is InChI=1S/C17H22N4/c1-13-6-8-15(9-7-13)19-16-12-14(2)18-17(20-16)21-10-4-3-5-11-21/h6-9,12H,3-5,10-11H2,1-2H3,(H,18,19,20). The maximum absolute atomic E-state index is 4.68.